The lowest BCUT2D eigenvalue weighted by Crippen LogP contribution is -2.49. The molecule has 3 fully saturated rings. The SMILES string of the molecule is O=C(NC1CCCCCCC1)C1CCN(c2c(N3CCCC3)c(=O)c2=O)CC1. The van der Waals surface area contributed by atoms with E-state index in [2.05, 4.69) is 15.1 Å². The second kappa shape index (κ2) is 8.66. The summed E-state index contributed by atoms with van der Waals surface area (Å²) in [6.07, 6.45) is 12.2. The van der Waals surface area contributed by atoms with Crippen molar-refractivity contribution < 1.29 is 4.79 Å². The van der Waals surface area contributed by atoms with E-state index in [1.54, 1.807) is 0 Å². The molecule has 2 saturated heterocycles. The average molecular weight is 388 g/mol. The van der Waals surface area contributed by atoms with Crippen LogP contribution in [0.15, 0.2) is 9.59 Å². The standard InChI is InChI=1S/C22H33N3O3/c26-20-18(24-12-6-7-13-24)19(21(20)27)25-14-10-16(11-15-25)22(28)23-17-8-4-2-1-3-5-9-17/h16-17H,1-15H2,(H,23,28). The van der Waals surface area contributed by atoms with Gasteiger partial charge in [0.15, 0.2) is 0 Å². The van der Waals surface area contributed by atoms with Gasteiger partial charge in [0, 0.05) is 38.1 Å². The molecule has 4 rings (SSSR count). The van der Waals surface area contributed by atoms with Gasteiger partial charge < -0.3 is 15.1 Å². The van der Waals surface area contributed by atoms with Crippen molar-refractivity contribution in [2.45, 2.75) is 76.7 Å². The number of piperidine rings is 1. The van der Waals surface area contributed by atoms with E-state index < -0.39 is 0 Å². The lowest BCUT2D eigenvalue weighted by molar-refractivity contribution is -0.126. The van der Waals surface area contributed by atoms with E-state index in [-0.39, 0.29) is 22.7 Å². The molecule has 0 bridgehead atoms. The molecule has 1 amide bonds. The van der Waals surface area contributed by atoms with Crippen LogP contribution in [0.25, 0.3) is 0 Å². The maximum absolute atomic E-state index is 12.7. The molecule has 1 saturated carbocycles. The van der Waals surface area contributed by atoms with Gasteiger partial charge in [0.1, 0.15) is 11.4 Å². The highest BCUT2D eigenvalue weighted by Crippen LogP contribution is 2.31. The molecule has 0 unspecified atom stereocenters. The van der Waals surface area contributed by atoms with Gasteiger partial charge in [-0.05, 0) is 38.5 Å². The second-order valence-corrected chi connectivity index (χ2v) is 8.86. The van der Waals surface area contributed by atoms with E-state index in [4.69, 9.17) is 0 Å². The number of anilines is 2. The van der Waals surface area contributed by atoms with Crippen LogP contribution in [-0.4, -0.2) is 38.1 Å². The lowest BCUT2D eigenvalue weighted by Gasteiger charge is -2.36. The quantitative estimate of drug-likeness (QED) is 0.803. The maximum atomic E-state index is 12.7. The molecule has 6 heteroatoms. The topological polar surface area (TPSA) is 69.7 Å². The van der Waals surface area contributed by atoms with Crippen LogP contribution in [0, 0.1) is 5.92 Å². The van der Waals surface area contributed by atoms with Gasteiger partial charge in [-0.15, -0.1) is 0 Å². The summed E-state index contributed by atoms with van der Waals surface area (Å²) in [6.45, 7) is 3.12. The molecule has 0 aromatic heterocycles. The molecule has 28 heavy (non-hydrogen) atoms. The molecule has 2 aliphatic heterocycles. The van der Waals surface area contributed by atoms with Crippen molar-refractivity contribution in [1.82, 2.24) is 5.32 Å². The van der Waals surface area contributed by atoms with Crippen LogP contribution in [0.4, 0.5) is 11.4 Å². The molecule has 1 aromatic rings. The minimum atomic E-state index is -0.334. The number of carbonyl (C=O) groups excluding carboxylic acids is 1. The van der Waals surface area contributed by atoms with Gasteiger partial charge in [-0.3, -0.25) is 14.4 Å². The average Bonchev–Trinajstić information content (AvgIpc) is 3.21. The van der Waals surface area contributed by atoms with Crippen molar-refractivity contribution >= 4 is 17.3 Å². The van der Waals surface area contributed by atoms with Crippen LogP contribution in [0.5, 0.6) is 0 Å². The Morgan fingerprint density at radius 3 is 1.75 bits per heavy atom. The summed E-state index contributed by atoms with van der Waals surface area (Å²) in [6, 6.07) is 0.334. The maximum Gasteiger partial charge on any atom is 0.253 e. The molecule has 3 aliphatic rings. The van der Waals surface area contributed by atoms with Crippen LogP contribution in [0.3, 0.4) is 0 Å². The first-order valence-corrected chi connectivity index (χ1v) is 11.3. The summed E-state index contributed by atoms with van der Waals surface area (Å²) in [4.78, 5) is 41.2. The van der Waals surface area contributed by atoms with Crippen molar-refractivity contribution in [3.63, 3.8) is 0 Å². The van der Waals surface area contributed by atoms with E-state index in [1.807, 2.05) is 0 Å². The monoisotopic (exact) mass is 387 g/mol. The van der Waals surface area contributed by atoms with Crippen molar-refractivity contribution in [2.75, 3.05) is 36.0 Å². The van der Waals surface area contributed by atoms with E-state index >= 15 is 0 Å². The molecular formula is C22H33N3O3. The van der Waals surface area contributed by atoms with Gasteiger partial charge in [0.2, 0.25) is 5.91 Å². The predicted molar refractivity (Wildman–Crippen MR) is 112 cm³/mol. The number of nitrogens with one attached hydrogen (secondary N) is 1. The number of hydrogen-bond donors (Lipinski definition) is 1. The number of carbonyl (C=O) groups is 1. The summed E-state index contributed by atoms with van der Waals surface area (Å²) < 4.78 is 0. The van der Waals surface area contributed by atoms with Gasteiger partial charge in [-0.25, -0.2) is 0 Å². The van der Waals surface area contributed by atoms with E-state index in [0.717, 1.165) is 51.6 Å². The van der Waals surface area contributed by atoms with Crippen LogP contribution in [-0.2, 0) is 4.79 Å². The Morgan fingerprint density at radius 1 is 0.679 bits per heavy atom. The van der Waals surface area contributed by atoms with Crippen molar-refractivity contribution in [2.24, 2.45) is 5.92 Å². The third-order valence-electron chi connectivity index (χ3n) is 6.92. The first-order valence-electron chi connectivity index (χ1n) is 11.3. The third-order valence-corrected chi connectivity index (χ3v) is 6.92. The van der Waals surface area contributed by atoms with Crippen LogP contribution in [0.1, 0.15) is 70.6 Å². The molecule has 1 aliphatic carbocycles. The molecule has 1 aromatic carbocycles. The molecule has 2 heterocycles. The Bertz CT molecular complexity index is 746. The van der Waals surface area contributed by atoms with Gasteiger partial charge >= 0.3 is 0 Å². The van der Waals surface area contributed by atoms with Gasteiger partial charge in [0.05, 0.1) is 0 Å². The van der Waals surface area contributed by atoms with Crippen LogP contribution < -0.4 is 26.0 Å². The van der Waals surface area contributed by atoms with Crippen molar-refractivity contribution in [1.29, 1.82) is 0 Å². The molecule has 0 atom stereocenters. The van der Waals surface area contributed by atoms with Gasteiger partial charge in [-0.1, -0.05) is 32.1 Å². The predicted octanol–water partition coefficient (Wildman–Crippen LogP) is 2.33. The zero-order chi connectivity index (χ0) is 19.5. The zero-order valence-electron chi connectivity index (χ0n) is 16.9. The van der Waals surface area contributed by atoms with E-state index in [1.165, 1.54) is 32.1 Å². The fraction of sp³-hybridized carbons (Fsp3) is 0.773. The second-order valence-electron chi connectivity index (χ2n) is 8.86. The molecular weight excluding hydrogens is 354 g/mol. The van der Waals surface area contributed by atoms with Gasteiger partial charge in [-0.2, -0.15) is 0 Å². The summed E-state index contributed by atoms with van der Waals surface area (Å²) >= 11 is 0. The molecule has 1 N–H and O–H groups in total. The summed E-state index contributed by atoms with van der Waals surface area (Å²) in [7, 11) is 0. The molecule has 0 spiro atoms. The number of rotatable bonds is 4. The highest BCUT2D eigenvalue weighted by molar-refractivity contribution is 5.80. The van der Waals surface area contributed by atoms with Crippen molar-refractivity contribution in [3.05, 3.63) is 20.4 Å². The Hall–Kier alpha value is -1.85. The fourth-order valence-electron chi connectivity index (χ4n) is 5.18. The number of nitrogens with zero attached hydrogens (tertiary/aromatic N) is 2. The Labute approximate surface area is 167 Å². The first-order chi connectivity index (χ1) is 13.6. The Kier molecular flexibility index (Phi) is 6.02. The molecule has 6 nitrogen and oxygen atoms in total. The highest BCUT2D eigenvalue weighted by atomic mass is 16.2. The Morgan fingerprint density at radius 2 is 1.18 bits per heavy atom. The smallest absolute Gasteiger partial charge is 0.253 e. The van der Waals surface area contributed by atoms with E-state index in [9.17, 15) is 14.4 Å². The lowest BCUT2D eigenvalue weighted by atomic mass is 9.92. The largest absolute Gasteiger partial charge is 0.366 e. The molecule has 154 valence electrons. The van der Waals surface area contributed by atoms with E-state index in [0.29, 0.717) is 30.5 Å². The van der Waals surface area contributed by atoms with Crippen LogP contribution in [0.2, 0.25) is 0 Å². The minimum Gasteiger partial charge on any atom is -0.366 e. The van der Waals surface area contributed by atoms with Gasteiger partial charge in [0.25, 0.3) is 10.9 Å². The highest BCUT2D eigenvalue weighted by Gasteiger charge is 2.34. The first kappa shape index (κ1) is 19.5. The third kappa shape index (κ3) is 3.96. The Balaban J connectivity index is 1.32. The number of hydrogen-bond acceptors (Lipinski definition) is 5. The number of amides is 1. The molecule has 0 radical (unpaired) electrons. The normalized spacial score (nSPS) is 23.0. The van der Waals surface area contributed by atoms with Crippen molar-refractivity contribution in [3.8, 4) is 0 Å². The van der Waals surface area contributed by atoms with Crippen LogP contribution >= 0.6 is 0 Å². The minimum absolute atomic E-state index is 0.0309. The summed E-state index contributed by atoms with van der Waals surface area (Å²) in [5.74, 6) is 0.221. The summed E-state index contributed by atoms with van der Waals surface area (Å²) in [5, 5.41) is 3.30. The zero-order valence-corrected chi connectivity index (χ0v) is 16.9. The fourth-order valence-corrected chi connectivity index (χ4v) is 5.18. The summed E-state index contributed by atoms with van der Waals surface area (Å²) in [5.41, 5.74) is 0.603.